The van der Waals surface area contributed by atoms with Gasteiger partial charge in [0.15, 0.2) is 0 Å². The maximum Gasteiger partial charge on any atom is 0.0340 e. The minimum Gasteiger partial charge on any atom is -0.385 e. The number of hydrogen-bond acceptors (Lipinski definition) is 2. The first-order valence-corrected chi connectivity index (χ1v) is 7.53. The summed E-state index contributed by atoms with van der Waals surface area (Å²) in [5, 5.41) is 3.57. The van der Waals surface area contributed by atoms with Gasteiger partial charge in [-0.3, -0.25) is 0 Å². The van der Waals surface area contributed by atoms with E-state index in [1.54, 1.807) is 0 Å². The lowest BCUT2D eigenvalue weighted by molar-refractivity contribution is 0.513. The van der Waals surface area contributed by atoms with E-state index in [2.05, 4.69) is 50.4 Å². The molecule has 1 aromatic carbocycles. The molecule has 106 valence electrons. The van der Waals surface area contributed by atoms with Crippen molar-refractivity contribution in [1.82, 2.24) is 0 Å². The van der Waals surface area contributed by atoms with Gasteiger partial charge in [-0.15, -0.1) is 0 Å². The van der Waals surface area contributed by atoms with Crippen LogP contribution in [0, 0.1) is 11.8 Å². The van der Waals surface area contributed by atoms with Gasteiger partial charge < -0.3 is 11.1 Å². The molecular weight excluding hydrogens is 232 g/mol. The molecule has 1 fully saturated rings. The van der Waals surface area contributed by atoms with E-state index in [0.29, 0.717) is 0 Å². The molecule has 0 saturated heterocycles. The predicted octanol–water partition coefficient (Wildman–Crippen LogP) is 3.77. The first kappa shape index (κ1) is 14.4. The quantitative estimate of drug-likeness (QED) is 0.865. The number of nitrogens with one attached hydrogen (secondary N) is 1. The Bertz CT molecular complexity index is 389. The third-order valence-electron chi connectivity index (χ3n) is 4.33. The molecule has 2 rings (SSSR count). The molecule has 19 heavy (non-hydrogen) atoms. The second-order valence-electron chi connectivity index (χ2n) is 6.99. The molecule has 2 heteroatoms. The predicted molar refractivity (Wildman–Crippen MR) is 83.5 cm³/mol. The Morgan fingerprint density at radius 2 is 1.74 bits per heavy atom. The van der Waals surface area contributed by atoms with Gasteiger partial charge in [-0.05, 0) is 60.8 Å². The zero-order chi connectivity index (χ0) is 13.9. The largest absolute Gasteiger partial charge is 0.385 e. The molecule has 0 bridgehead atoms. The maximum absolute atomic E-state index is 5.74. The van der Waals surface area contributed by atoms with Gasteiger partial charge in [-0.1, -0.05) is 32.9 Å². The summed E-state index contributed by atoms with van der Waals surface area (Å²) in [5.74, 6) is 1.56. The summed E-state index contributed by atoms with van der Waals surface area (Å²) >= 11 is 0. The molecular formula is C17H28N2. The zero-order valence-corrected chi connectivity index (χ0v) is 12.6. The number of hydrogen-bond donors (Lipinski definition) is 2. The van der Waals surface area contributed by atoms with Crippen molar-refractivity contribution < 1.29 is 0 Å². The van der Waals surface area contributed by atoms with Crippen LogP contribution in [-0.4, -0.2) is 13.1 Å². The van der Waals surface area contributed by atoms with Crippen molar-refractivity contribution in [3.8, 4) is 0 Å². The highest BCUT2D eigenvalue weighted by Gasteiger charge is 2.23. The van der Waals surface area contributed by atoms with E-state index in [1.807, 2.05) is 0 Å². The van der Waals surface area contributed by atoms with Crippen molar-refractivity contribution >= 4 is 5.69 Å². The van der Waals surface area contributed by atoms with Crippen LogP contribution in [0.2, 0.25) is 0 Å². The van der Waals surface area contributed by atoms with Crippen LogP contribution in [0.5, 0.6) is 0 Å². The Morgan fingerprint density at radius 3 is 2.26 bits per heavy atom. The minimum absolute atomic E-state index is 0.234. The monoisotopic (exact) mass is 260 g/mol. The van der Waals surface area contributed by atoms with E-state index < -0.39 is 0 Å². The van der Waals surface area contributed by atoms with Crippen LogP contribution >= 0.6 is 0 Å². The van der Waals surface area contributed by atoms with Crippen molar-refractivity contribution in [3.63, 3.8) is 0 Å². The molecule has 3 N–H and O–H groups in total. The first-order chi connectivity index (χ1) is 8.99. The molecule has 0 heterocycles. The molecule has 2 nitrogen and oxygen atoms in total. The standard InChI is InChI=1S/C17H28N2/c1-17(2,3)15-6-8-16(9-7-15)19-12-14-5-4-13(10-14)11-18/h6-9,13-14,19H,4-5,10-12,18H2,1-3H3. The Morgan fingerprint density at radius 1 is 1.11 bits per heavy atom. The molecule has 1 aliphatic carbocycles. The van der Waals surface area contributed by atoms with Gasteiger partial charge in [0.05, 0.1) is 0 Å². The lowest BCUT2D eigenvalue weighted by Crippen LogP contribution is -2.15. The van der Waals surface area contributed by atoms with Crippen molar-refractivity contribution in [2.45, 2.75) is 45.4 Å². The second kappa shape index (κ2) is 5.96. The van der Waals surface area contributed by atoms with Crippen LogP contribution in [0.1, 0.15) is 45.6 Å². The van der Waals surface area contributed by atoms with Crippen LogP contribution in [-0.2, 0) is 5.41 Å². The summed E-state index contributed by atoms with van der Waals surface area (Å²) in [6.45, 7) is 8.70. The van der Waals surface area contributed by atoms with E-state index in [0.717, 1.165) is 24.9 Å². The van der Waals surface area contributed by atoms with Crippen molar-refractivity contribution in [1.29, 1.82) is 0 Å². The highest BCUT2D eigenvalue weighted by Crippen LogP contribution is 2.30. The fourth-order valence-electron chi connectivity index (χ4n) is 2.93. The molecule has 0 radical (unpaired) electrons. The average molecular weight is 260 g/mol. The normalized spacial score (nSPS) is 23.6. The average Bonchev–Trinajstić information content (AvgIpc) is 2.84. The molecule has 1 aliphatic rings. The van der Waals surface area contributed by atoms with E-state index in [-0.39, 0.29) is 5.41 Å². The van der Waals surface area contributed by atoms with Gasteiger partial charge in [0.2, 0.25) is 0 Å². The van der Waals surface area contributed by atoms with Gasteiger partial charge in [0.25, 0.3) is 0 Å². The smallest absolute Gasteiger partial charge is 0.0340 e. The molecule has 0 aliphatic heterocycles. The van der Waals surface area contributed by atoms with Crippen LogP contribution in [0.25, 0.3) is 0 Å². The van der Waals surface area contributed by atoms with E-state index in [1.165, 1.54) is 30.5 Å². The third kappa shape index (κ3) is 3.97. The Kier molecular flexibility index (Phi) is 4.51. The van der Waals surface area contributed by atoms with Crippen LogP contribution < -0.4 is 11.1 Å². The lowest BCUT2D eigenvalue weighted by Gasteiger charge is -2.19. The van der Waals surface area contributed by atoms with E-state index >= 15 is 0 Å². The molecule has 2 atom stereocenters. The molecule has 1 aromatic rings. The van der Waals surface area contributed by atoms with Gasteiger partial charge in [-0.2, -0.15) is 0 Å². The molecule has 0 aromatic heterocycles. The Labute approximate surface area is 117 Å². The van der Waals surface area contributed by atoms with E-state index in [4.69, 9.17) is 5.73 Å². The van der Waals surface area contributed by atoms with Crippen LogP contribution in [0.3, 0.4) is 0 Å². The van der Waals surface area contributed by atoms with Gasteiger partial charge >= 0.3 is 0 Å². The summed E-state index contributed by atoms with van der Waals surface area (Å²) in [5.41, 5.74) is 8.61. The maximum atomic E-state index is 5.74. The zero-order valence-electron chi connectivity index (χ0n) is 12.6. The third-order valence-corrected chi connectivity index (χ3v) is 4.33. The van der Waals surface area contributed by atoms with Gasteiger partial charge in [0, 0.05) is 12.2 Å². The van der Waals surface area contributed by atoms with Crippen molar-refractivity contribution in [2.24, 2.45) is 17.6 Å². The Hall–Kier alpha value is -1.02. The number of nitrogens with two attached hydrogens (primary N) is 1. The topological polar surface area (TPSA) is 38.0 Å². The number of benzene rings is 1. The van der Waals surface area contributed by atoms with Crippen molar-refractivity contribution in [3.05, 3.63) is 29.8 Å². The molecule has 0 amide bonds. The second-order valence-corrected chi connectivity index (χ2v) is 6.99. The van der Waals surface area contributed by atoms with Gasteiger partial charge in [0.1, 0.15) is 0 Å². The summed E-state index contributed by atoms with van der Waals surface area (Å²) < 4.78 is 0. The van der Waals surface area contributed by atoms with Crippen molar-refractivity contribution in [2.75, 3.05) is 18.4 Å². The fourth-order valence-corrected chi connectivity index (χ4v) is 2.93. The fraction of sp³-hybridized carbons (Fsp3) is 0.647. The molecule has 1 saturated carbocycles. The summed E-state index contributed by atoms with van der Waals surface area (Å²) in [4.78, 5) is 0. The summed E-state index contributed by atoms with van der Waals surface area (Å²) in [7, 11) is 0. The highest BCUT2D eigenvalue weighted by atomic mass is 14.9. The number of rotatable bonds is 4. The lowest BCUT2D eigenvalue weighted by atomic mass is 9.87. The Balaban J connectivity index is 1.84. The summed E-state index contributed by atoms with van der Waals surface area (Å²) in [6, 6.07) is 8.88. The SMILES string of the molecule is CC(C)(C)c1ccc(NCC2CCC(CN)C2)cc1. The van der Waals surface area contributed by atoms with Crippen LogP contribution in [0.15, 0.2) is 24.3 Å². The summed E-state index contributed by atoms with van der Waals surface area (Å²) in [6.07, 6.45) is 3.93. The molecule has 0 spiro atoms. The first-order valence-electron chi connectivity index (χ1n) is 7.53. The van der Waals surface area contributed by atoms with Gasteiger partial charge in [-0.25, -0.2) is 0 Å². The molecule has 2 unspecified atom stereocenters. The van der Waals surface area contributed by atoms with E-state index in [9.17, 15) is 0 Å². The highest BCUT2D eigenvalue weighted by molar-refractivity contribution is 5.45. The van der Waals surface area contributed by atoms with Crippen LogP contribution in [0.4, 0.5) is 5.69 Å². The number of anilines is 1. The minimum atomic E-state index is 0.234.